The minimum atomic E-state index is 0.813. The predicted molar refractivity (Wildman–Crippen MR) is 86.6 cm³/mol. The summed E-state index contributed by atoms with van der Waals surface area (Å²) in [5, 5.41) is 5.38. The Labute approximate surface area is 124 Å². The van der Waals surface area contributed by atoms with Crippen LogP contribution >= 0.6 is 11.6 Å². The summed E-state index contributed by atoms with van der Waals surface area (Å²) in [6.45, 7) is 3.91. The van der Waals surface area contributed by atoms with E-state index in [0.717, 1.165) is 23.5 Å². The number of nitrogens with one attached hydrogen (secondary N) is 1. The minimum absolute atomic E-state index is 0.813. The molecule has 0 amide bonds. The molecule has 0 aliphatic heterocycles. The fourth-order valence-corrected chi connectivity index (χ4v) is 2.69. The SMILES string of the molecule is Cc1cccc(NCCn2ccc3c(Cl)cccc32)c1. The van der Waals surface area contributed by atoms with Gasteiger partial charge >= 0.3 is 0 Å². The normalized spacial score (nSPS) is 10.9. The van der Waals surface area contributed by atoms with E-state index in [0.29, 0.717) is 0 Å². The van der Waals surface area contributed by atoms with Gasteiger partial charge in [0.15, 0.2) is 0 Å². The molecule has 1 N–H and O–H groups in total. The summed E-state index contributed by atoms with van der Waals surface area (Å²) in [5.41, 5.74) is 3.62. The van der Waals surface area contributed by atoms with Crippen molar-refractivity contribution in [1.82, 2.24) is 4.57 Å². The molecule has 0 radical (unpaired) electrons. The van der Waals surface area contributed by atoms with Crippen molar-refractivity contribution in [3.8, 4) is 0 Å². The molecule has 2 aromatic carbocycles. The zero-order valence-corrected chi connectivity index (χ0v) is 12.2. The molecule has 0 saturated carbocycles. The van der Waals surface area contributed by atoms with Gasteiger partial charge in [0.1, 0.15) is 0 Å². The van der Waals surface area contributed by atoms with E-state index in [1.54, 1.807) is 0 Å². The van der Waals surface area contributed by atoms with E-state index in [1.807, 2.05) is 12.1 Å². The lowest BCUT2D eigenvalue weighted by Gasteiger charge is -2.09. The highest BCUT2D eigenvalue weighted by Gasteiger charge is 2.03. The number of hydrogen-bond donors (Lipinski definition) is 1. The molecule has 1 heterocycles. The van der Waals surface area contributed by atoms with Crippen LogP contribution in [-0.4, -0.2) is 11.1 Å². The molecule has 0 aliphatic carbocycles. The second-order valence-corrected chi connectivity index (χ2v) is 5.39. The van der Waals surface area contributed by atoms with Crippen LogP contribution in [0.15, 0.2) is 54.7 Å². The molecule has 0 atom stereocenters. The monoisotopic (exact) mass is 284 g/mol. The lowest BCUT2D eigenvalue weighted by Crippen LogP contribution is -2.09. The van der Waals surface area contributed by atoms with Crippen LogP contribution in [0.3, 0.4) is 0 Å². The van der Waals surface area contributed by atoms with Gasteiger partial charge in [-0.25, -0.2) is 0 Å². The fraction of sp³-hybridized carbons (Fsp3) is 0.176. The lowest BCUT2D eigenvalue weighted by molar-refractivity contribution is 0.757. The summed E-state index contributed by atoms with van der Waals surface area (Å²) in [6, 6.07) is 16.5. The summed E-state index contributed by atoms with van der Waals surface area (Å²) in [6.07, 6.45) is 2.09. The first-order valence-electron chi connectivity index (χ1n) is 6.78. The Hall–Kier alpha value is -1.93. The molecule has 0 aliphatic rings. The van der Waals surface area contributed by atoms with Crippen molar-refractivity contribution in [3.05, 3.63) is 65.3 Å². The molecular formula is C17H17ClN2. The third-order valence-electron chi connectivity index (χ3n) is 3.46. The average Bonchev–Trinajstić information content (AvgIpc) is 2.84. The molecule has 2 nitrogen and oxygen atoms in total. The van der Waals surface area contributed by atoms with E-state index in [4.69, 9.17) is 11.6 Å². The highest BCUT2D eigenvalue weighted by atomic mass is 35.5. The molecule has 3 aromatic rings. The molecule has 1 aromatic heterocycles. The maximum Gasteiger partial charge on any atom is 0.0499 e. The topological polar surface area (TPSA) is 17.0 Å². The number of anilines is 1. The van der Waals surface area contributed by atoms with Gasteiger partial charge in [0.2, 0.25) is 0 Å². The third-order valence-corrected chi connectivity index (χ3v) is 3.79. The van der Waals surface area contributed by atoms with Gasteiger partial charge in [-0.2, -0.15) is 0 Å². The second kappa shape index (κ2) is 5.59. The number of benzene rings is 2. The summed E-state index contributed by atoms with van der Waals surface area (Å²) in [5.74, 6) is 0. The van der Waals surface area contributed by atoms with Gasteiger partial charge in [0.25, 0.3) is 0 Å². The minimum Gasteiger partial charge on any atom is -0.383 e. The Morgan fingerprint density at radius 3 is 2.80 bits per heavy atom. The molecule has 0 saturated heterocycles. The van der Waals surface area contributed by atoms with E-state index >= 15 is 0 Å². The standard InChI is InChI=1S/C17H17ClN2/c1-13-4-2-5-14(12-13)19-9-11-20-10-8-15-16(18)6-3-7-17(15)20/h2-8,10,12,19H,9,11H2,1H3. The second-order valence-electron chi connectivity index (χ2n) is 4.98. The molecule has 20 heavy (non-hydrogen) atoms. The zero-order chi connectivity index (χ0) is 13.9. The van der Waals surface area contributed by atoms with Crippen LogP contribution in [0.1, 0.15) is 5.56 Å². The van der Waals surface area contributed by atoms with E-state index in [1.165, 1.54) is 16.8 Å². The van der Waals surface area contributed by atoms with Crippen LogP contribution in [0.4, 0.5) is 5.69 Å². The summed E-state index contributed by atoms with van der Waals surface area (Å²) >= 11 is 6.19. The number of hydrogen-bond acceptors (Lipinski definition) is 1. The van der Waals surface area contributed by atoms with Crippen molar-refractivity contribution < 1.29 is 0 Å². The summed E-state index contributed by atoms with van der Waals surface area (Å²) < 4.78 is 2.23. The van der Waals surface area contributed by atoms with Gasteiger partial charge < -0.3 is 9.88 Å². The van der Waals surface area contributed by atoms with Gasteiger partial charge in [-0.1, -0.05) is 29.8 Å². The number of rotatable bonds is 4. The van der Waals surface area contributed by atoms with Crippen molar-refractivity contribution in [2.24, 2.45) is 0 Å². The van der Waals surface area contributed by atoms with Gasteiger partial charge in [0, 0.05) is 40.9 Å². The van der Waals surface area contributed by atoms with Crippen LogP contribution in [-0.2, 0) is 6.54 Å². The number of aryl methyl sites for hydroxylation is 1. The number of halogens is 1. The molecule has 0 bridgehead atoms. The van der Waals surface area contributed by atoms with E-state index in [9.17, 15) is 0 Å². The first-order chi connectivity index (χ1) is 9.74. The molecule has 3 heteroatoms. The Balaban J connectivity index is 1.70. The Kier molecular flexibility index (Phi) is 3.66. The van der Waals surface area contributed by atoms with Crippen molar-refractivity contribution in [2.75, 3.05) is 11.9 Å². The summed E-state index contributed by atoms with van der Waals surface area (Å²) in [4.78, 5) is 0. The largest absolute Gasteiger partial charge is 0.383 e. The lowest BCUT2D eigenvalue weighted by atomic mass is 10.2. The molecular weight excluding hydrogens is 268 g/mol. The number of aromatic nitrogens is 1. The maximum absolute atomic E-state index is 6.19. The quantitative estimate of drug-likeness (QED) is 0.734. The Bertz CT molecular complexity index is 731. The van der Waals surface area contributed by atoms with E-state index < -0.39 is 0 Å². The molecule has 0 fully saturated rings. The molecule has 0 spiro atoms. The van der Waals surface area contributed by atoms with Crippen molar-refractivity contribution in [1.29, 1.82) is 0 Å². The molecule has 0 unspecified atom stereocenters. The highest BCUT2D eigenvalue weighted by Crippen LogP contribution is 2.24. The first kappa shape index (κ1) is 13.1. The zero-order valence-electron chi connectivity index (χ0n) is 11.4. The van der Waals surface area contributed by atoms with Crippen LogP contribution < -0.4 is 5.32 Å². The van der Waals surface area contributed by atoms with Crippen LogP contribution in [0, 0.1) is 6.92 Å². The molecule has 3 rings (SSSR count). The third kappa shape index (κ3) is 2.66. The van der Waals surface area contributed by atoms with Crippen molar-refractivity contribution in [2.45, 2.75) is 13.5 Å². The Morgan fingerprint density at radius 1 is 1.10 bits per heavy atom. The average molecular weight is 285 g/mol. The van der Waals surface area contributed by atoms with E-state index in [2.05, 4.69) is 59.4 Å². The van der Waals surface area contributed by atoms with Gasteiger partial charge in [-0.05, 0) is 42.8 Å². The maximum atomic E-state index is 6.19. The highest BCUT2D eigenvalue weighted by molar-refractivity contribution is 6.35. The van der Waals surface area contributed by atoms with Gasteiger partial charge in [-0.3, -0.25) is 0 Å². The fourth-order valence-electron chi connectivity index (χ4n) is 2.46. The van der Waals surface area contributed by atoms with Crippen LogP contribution in [0.2, 0.25) is 5.02 Å². The Morgan fingerprint density at radius 2 is 1.95 bits per heavy atom. The van der Waals surface area contributed by atoms with Crippen LogP contribution in [0.25, 0.3) is 10.9 Å². The van der Waals surface area contributed by atoms with Crippen molar-refractivity contribution in [3.63, 3.8) is 0 Å². The van der Waals surface area contributed by atoms with Crippen LogP contribution in [0.5, 0.6) is 0 Å². The van der Waals surface area contributed by atoms with E-state index in [-0.39, 0.29) is 0 Å². The predicted octanol–water partition coefficient (Wildman–Crippen LogP) is 4.72. The first-order valence-corrected chi connectivity index (χ1v) is 7.16. The molecule has 102 valence electrons. The number of fused-ring (bicyclic) bond motifs is 1. The smallest absolute Gasteiger partial charge is 0.0499 e. The van der Waals surface area contributed by atoms with Gasteiger partial charge in [0.05, 0.1) is 0 Å². The van der Waals surface area contributed by atoms with Crippen molar-refractivity contribution >= 4 is 28.2 Å². The number of nitrogens with zero attached hydrogens (tertiary/aromatic N) is 1. The summed E-state index contributed by atoms with van der Waals surface area (Å²) in [7, 11) is 0. The van der Waals surface area contributed by atoms with Gasteiger partial charge in [-0.15, -0.1) is 0 Å².